The summed E-state index contributed by atoms with van der Waals surface area (Å²) in [6.07, 6.45) is 1.67. The average Bonchev–Trinajstić information content (AvgIpc) is 2.74. The van der Waals surface area contributed by atoms with E-state index >= 15 is 0 Å². The lowest BCUT2D eigenvalue weighted by atomic mass is 9.82. The van der Waals surface area contributed by atoms with Gasteiger partial charge in [-0.2, -0.15) is 0 Å². The molecule has 0 heterocycles. The van der Waals surface area contributed by atoms with E-state index < -0.39 is 0 Å². The van der Waals surface area contributed by atoms with E-state index in [0.29, 0.717) is 30.0 Å². The number of phenolic OH excluding ortho intramolecular Hbond substituents is 1. The third-order valence-corrected chi connectivity index (χ3v) is 4.83. The molecule has 4 rings (SSSR count). The van der Waals surface area contributed by atoms with Crippen molar-refractivity contribution >= 4 is 22.9 Å². The molecule has 0 aromatic heterocycles. The smallest absolute Gasteiger partial charge is 0.198 e. The molecule has 0 atom stereocenters. The van der Waals surface area contributed by atoms with Crippen molar-refractivity contribution in [1.82, 2.24) is 0 Å². The van der Waals surface area contributed by atoms with Crippen LogP contribution < -0.4 is 5.32 Å². The van der Waals surface area contributed by atoms with Crippen molar-refractivity contribution in [1.29, 1.82) is 0 Å². The van der Waals surface area contributed by atoms with Crippen LogP contribution in [0, 0.1) is 0 Å². The Hall–Kier alpha value is -3.70. The van der Waals surface area contributed by atoms with E-state index in [0.717, 1.165) is 11.3 Å². The van der Waals surface area contributed by atoms with Gasteiger partial charge in [-0.3, -0.25) is 9.59 Å². The van der Waals surface area contributed by atoms with Crippen molar-refractivity contribution < 1.29 is 19.4 Å². The molecule has 144 valence electrons. The van der Waals surface area contributed by atoms with Crippen LogP contribution in [0.1, 0.15) is 37.4 Å². The summed E-state index contributed by atoms with van der Waals surface area (Å²) in [4.78, 5) is 26.1. The topological polar surface area (TPSA) is 75.6 Å². The summed E-state index contributed by atoms with van der Waals surface area (Å²) in [6.45, 7) is 4.43. The van der Waals surface area contributed by atoms with E-state index in [1.165, 1.54) is 6.07 Å². The molecule has 5 heteroatoms. The maximum Gasteiger partial charge on any atom is 0.198 e. The second kappa shape index (κ2) is 7.73. The van der Waals surface area contributed by atoms with E-state index in [9.17, 15) is 14.7 Å². The first-order valence-corrected chi connectivity index (χ1v) is 9.19. The number of carbonyl (C=O) groups excluding carboxylic acids is 2. The maximum atomic E-state index is 13.2. The SMILES string of the molecule is C=CCOCc1ccccc1Nc1ccc(O)c2c1C(=O)c1ccccc1C2=O. The van der Waals surface area contributed by atoms with Gasteiger partial charge in [0.1, 0.15) is 5.75 Å². The van der Waals surface area contributed by atoms with E-state index in [1.54, 1.807) is 36.4 Å². The largest absolute Gasteiger partial charge is 0.507 e. The summed E-state index contributed by atoms with van der Waals surface area (Å²) in [5.41, 5.74) is 2.95. The lowest BCUT2D eigenvalue weighted by molar-refractivity contribution is 0.0977. The van der Waals surface area contributed by atoms with Crippen LogP contribution in [0.25, 0.3) is 0 Å². The zero-order chi connectivity index (χ0) is 20.4. The highest BCUT2D eigenvalue weighted by atomic mass is 16.5. The molecule has 29 heavy (non-hydrogen) atoms. The van der Waals surface area contributed by atoms with Crippen LogP contribution >= 0.6 is 0 Å². The summed E-state index contributed by atoms with van der Waals surface area (Å²) in [6, 6.07) is 17.2. The molecule has 3 aromatic carbocycles. The fourth-order valence-electron chi connectivity index (χ4n) is 3.48. The van der Waals surface area contributed by atoms with E-state index in [4.69, 9.17) is 4.74 Å². The number of fused-ring (bicyclic) bond motifs is 2. The Morgan fingerprint density at radius 1 is 0.862 bits per heavy atom. The zero-order valence-electron chi connectivity index (χ0n) is 15.6. The number of ketones is 2. The predicted octanol–water partition coefficient (Wildman–Crippen LogP) is 4.61. The molecule has 5 nitrogen and oxygen atoms in total. The molecule has 3 aromatic rings. The minimum absolute atomic E-state index is 0.0269. The second-order valence-electron chi connectivity index (χ2n) is 6.67. The van der Waals surface area contributed by atoms with Gasteiger partial charge in [-0.1, -0.05) is 48.5 Å². The summed E-state index contributed by atoms with van der Waals surface area (Å²) < 4.78 is 5.54. The van der Waals surface area contributed by atoms with Crippen LogP contribution in [0.5, 0.6) is 5.75 Å². The first kappa shape index (κ1) is 18.7. The molecule has 2 N–H and O–H groups in total. The average molecular weight is 385 g/mol. The molecule has 0 unspecified atom stereocenters. The fourth-order valence-corrected chi connectivity index (χ4v) is 3.48. The highest BCUT2D eigenvalue weighted by Crippen LogP contribution is 2.38. The van der Waals surface area contributed by atoms with Gasteiger partial charge in [-0.15, -0.1) is 6.58 Å². The van der Waals surface area contributed by atoms with Crippen LogP contribution in [0.4, 0.5) is 11.4 Å². The normalized spacial score (nSPS) is 12.3. The Kier molecular flexibility index (Phi) is 4.97. The second-order valence-corrected chi connectivity index (χ2v) is 6.67. The molecule has 0 aliphatic heterocycles. The lowest BCUT2D eigenvalue weighted by Gasteiger charge is -2.22. The molecule has 0 saturated carbocycles. The van der Waals surface area contributed by atoms with Crippen LogP contribution in [0.3, 0.4) is 0 Å². The number of nitrogens with one attached hydrogen (secondary N) is 1. The maximum absolute atomic E-state index is 13.2. The van der Waals surface area contributed by atoms with Crippen molar-refractivity contribution in [3.63, 3.8) is 0 Å². The summed E-state index contributed by atoms with van der Waals surface area (Å²) >= 11 is 0. The van der Waals surface area contributed by atoms with E-state index in [2.05, 4.69) is 11.9 Å². The first-order chi connectivity index (χ1) is 14.1. The van der Waals surface area contributed by atoms with E-state index in [-0.39, 0.29) is 28.4 Å². The number of anilines is 2. The number of hydrogen-bond acceptors (Lipinski definition) is 5. The van der Waals surface area contributed by atoms with Gasteiger partial charge >= 0.3 is 0 Å². The molecule has 0 spiro atoms. The molecular weight excluding hydrogens is 366 g/mol. The minimum atomic E-state index is -0.362. The third kappa shape index (κ3) is 3.32. The Labute approximate surface area is 168 Å². The Morgan fingerprint density at radius 2 is 1.52 bits per heavy atom. The number of phenols is 1. The number of rotatable bonds is 6. The minimum Gasteiger partial charge on any atom is -0.507 e. The first-order valence-electron chi connectivity index (χ1n) is 9.19. The van der Waals surface area contributed by atoms with Gasteiger partial charge in [0.15, 0.2) is 11.6 Å². The summed E-state index contributed by atoms with van der Waals surface area (Å²) in [7, 11) is 0. The summed E-state index contributed by atoms with van der Waals surface area (Å²) in [5, 5.41) is 13.6. The molecule has 0 radical (unpaired) electrons. The van der Waals surface area contributed by atoms with Crippen LogP contribution in [0.2, 0.25) is 0 Å². The zero-order valence-corrected chi connectivity index (χ0v) is 15.6. The molecule has 0 fully saturated rings. The fraction of sp³-hybridized carbons (Fsp3) is 0.0833. The van der Waals surface area contributed by atoms with Crippen molar-refractivity contribution in [3.8, 4) is 5.75 Å². The van der Waals surface area contributed by atoms with Crippen molar-refractivity contribution in [2.45, 2.75) is 6.61 Å². The van der Waals surface area contributed by atoms with Crippen molar-refractivity contribution in [2.75, 3.05) is 11.9 Å². The number of ether oxygens (including phenoxy) is 1. The predicted molar refractivity (Wildman–Crippen MR) is 111 cm³/mol. The van der Waals surface area contributed by atoms with Gasteiger partial charge in [0.25, 0.3) is 0 Å². The van der Waals surface area contributed by atoms with Crippen LogP contribution in [0.15, 0.2) is 73.3 Å². The number of para-hydroxylation sites is 1. The molecule has 1 aliphatic carbocycles. The summed E-state index contributed by atoms with van der Waals surface area (Å²) in [5.74, 6) is -0.867. The highest BCUT2D eigenvalue weighted by Gasteiger charge is 2.34. The van der Waals surface area contributed by atoms with Crippen molar-refractivity contribution in [2.24, 2.45) is 0 Å². The highest BCUT2D eigenvalue weighted by molar-refractivity contribution is 6.31. The van der Waals surface area contributed by atoms with Crippen LogP contribution in [-0.2, 0) is 11.3 Å². The number of carbonyl (C=O) groups is 2. The third-order valence-electron chi connectivity index (χ3n) is 4.83. The van der Waals surface area contributed by atoms with Gasteiger partial charge in [-0.05, 0) is 18.2 Å². The van der Waals surface area contributed by atoms with E-state index in [1.807, 2.05) is 24.3 Å². The standard InChI is InChI=1S/C24H19NO4/c1-2-13-29-14-15-7-3-6-10-18(15)25-19-11-12-20(26)22-21(19)23(27)16-8-4-5-9-17(16)24(22)28/h2-12,25-26H,1,13-14H2. The lowest BCUT2D eigenvalue weighted by Crippen LogP contribution is -2.22. The quantitative estimate of drug-likeness (QED) is 0.288. The van der Waals surface area contributed by atoms with Gasteiger partial charge in [0.2, 0.25) is 0 Å². The molecule has 0 bridgehead atoms. The van der Waals surface area contributed by atoms with Gasteiger partial charge < -0.3 is 15.2 Å². The monoisotopic (exact) mass is 385 g/mol. The van der Waals surface area contributed by atoms with Crippen LogP contribution in [-0.4, -0.2) is 23.3 Å². The molecule has 0 saturated heterocycles. The molecular formula is C24H19NO4. The number of hydrogen-bond donors (Lipinski definition) is 2. The molecule has 0 amide bonds. The van der Waals surface area contributed by atoms with Gasteiger partial charge in [0, 0.05) is 22.4 Å². The Bertz CT molecular complexity index is 1130. The van der Waals surface area contributed by atoms with Gasteiger partial charge in [0.05, 0.1) is 30.0 Å². The molecule has 1 aliphatic rings. The van der Waals surface area contributed by atoms with Crippen molar-refractivity contribution in [3.05, 3.63) is 101 Å². The van der Waals surface area contributed by atoms with Gasteiger partial charge in [-0.25, -0.2) is 0 Å². The Morgan fingerprint density at radius 3 is 2.24 bits per heavy atom. The Balaban J connectivity index is 1.78. The number of aromatic hydroxyl groups is 1. The number of benzene rings is 3.